The Morgan fingerprint density at radius 1 is 1.50 bits per heavy atom. The lowest BCUT2D eigenvalue weighted by atomic mass is 10.3. The maximum absolute atomic E-state index is 8.74. The molecule has 0 bridgehead atoms. The fourth-order valence-corrected chi connectivity index (χ4v) is 1.56. The van der Waals surface area contributed by atoms with Gasteiger partial charge in [-0.3, -0.25) is 0 Å². The van der Waals surface area contributed by atoms with Crippen molar-refractivity contribution in [2.75, 3.05) is 0 Å². The monoisotopic (exact) mass is 242 g/mol. The van der Waals surface area contributed by atoms with Gasteiger partial charge in [-0.15, -0.1) is 5.10 Å². The van der Waals surface area contributed by atoms with E-state index in [1.165, 1.54) is 6.20 Å². The van der Waals surface area contributed by atoms with E-state index in [0.29, 0.717) is 17.2 Å². The lowest BCUT2D eigenvalue weighted by Crippen LogP contribution is -2.14. The summed E-state index contributed by atoms with van der Waals surface area (Å²) >= 11 is 0. The van der Waals surface area contributed by atoms with Gasteiger partial charge in [-0.2, -0.15) is 9.94 Å². The van der Waals surface area contributed by atoms with Crippen LogP contribution in [0, 0.1) is 11.3 Å². The minimum absolute atomic E-state index is 0.227. The highest BCUT2D eigenvalue weighted by Crippen LogP contribution is 2.13. The van der Waals surface area contributed by atoms with Crippen LogP contribution in [0.15, 0.2) is 18.3 Å². The highest BCUT2D eigenvalue weighted by Gasteiger charge is 2.14. The zero-order valence-corrected chi connectivity index (χ0v) is 10.3. The summed E-state index contributed by atoms with van der Waals surface area (Å²) in [4.78, 5) is 8.56. The Balaban J connectivity index is 2.48. The average Bonchev–Trinajstić information content (AvgIpc) is 2.83. The number of nitrogens with zero attached hydrogens (tertiary/aromatic N) is 5. The summed E-state index contributed by atoms with van der Waals surface area (Å²) in [5.74, 6) is 2.02. The van der Waals surface area contributed by atoms with Crippen LogP contribution in [0.2, 0.25) is 0 Å². The second-order valence-electron chi connectivity index (χ2n) is 3.96. The smallest absolute Gasteiger partial charge is 0.155 e. The number of rotatable bonds is 3. The minimum Gasteiger partial charge on any atom is -0.322 e. The van der Waals surface area contributed by atoms with Gasteiger partial charge >= 0.3 is 0 Å². The summed E-state index contributed by atoms with van der Waals surface area (Å²) in [6.45, 7) is 3.83. The van der Waals surface area contributed by atoms with Crippen molar-refractivity contribution in [3.63, 3.8) is 0 Å². The first-order chi connectivity index (χ1) is 8.65. The molecule has 6 heteroatoms. The number of aromatic nitrogens is 4. The molecule has 92 valence electrons. The van der Waals surface area contributed by atoms with Gasteiger partial charge in [-0.25, -0.2) is 9.97 Å². The molecule has 1 unspecified atom stereocenters. The average molecular weight is 242 g/mol. The summed E-state index contributed by atoms with van der Waals surface area (Å²) < 4.78 is 1.63. The number of hydrogen-bond acceptors (Lipinski definition) is 5. The molecule has 0 fully saturated rings. The van der Waals surface area contributed by atoms with Crippen molar-refractivity contribution >= 4 is 0 Å². The van der Waals surface area contributed by atoms with E-state index in [4.69, 9.17) is 11.0 Å². The fourth-order valence-electron chi connectivity index (χ4n) is 1.56. The van der Waals surface area contributed by atoms with Crippen molar-refractivity contribution in [3.05, 3.63) is 35.5 Å². The number of pyridine rings is 1. The van der Waals surface area contributed by atoms with E-state index in [0.717, 1.165) is 12.2 Å². The normalized spacial score (nSPS) is 12.1. The zero-order chi connectivity index (χ0) is 13.1. The Bertz CT molecular complexity index is 576. The molecular formula is C12H14N6. The van der Waals surface area contributed by atoms with Crippen molar-refractivity contribution in [2.24, 2.45) is 5.73 Å². The lowest BCUT2D eigenvalue weighted by molar-refractivity contribution is 0.680. The third kappa shape index (κ3) is 2.21. The Kier molecular flexibility index (Phi) is 3.35. The van der Waals surface area contributed by atoms with Crippen molar-refractivity contribution in [1.29, 1.82) is 5.26 Å². The number of nitrogens with two attached hydrogens (primary N) is 1. The SMILES string of the molecule is CCc1nc(C(C)N)n(-c2ccc(C#N)cn2)n1. The molecule has 0 radical (unpaired) electrons. The molecule has 2 aromatic heterocycles. The highest BCUT2D eigenvalue weighted by molar-refractivity contribution is 5.32. The van der Waals surface area contributed by atoms with Crippen LogP contribution in [0.5, 0.6) is 0 Å². The van der Waals surface area contributed by atoms with Gasteiger partial charge in [0.15, 0.2) is 17.5 Å². The zero-order valence-electron chi connectivity index (χ0n) is 10.3. The van der Waals surface area contributed by atoms with Gasteiger partial charge in [-0.1, -0.05) is 6.92 Å². The van der Waals surface area contributed by atoms with Crippen molar-refractivity contribution in [1.82, 2.24) is 19.7 Å². The van der Waals surface area contributed by atoms with Crippen LogP contribution in [0.4, 0.5) is 0 Å². The molecule has 0 spiro atoms. The molecular weight excluding hydrogens is 228 g/mol. The van der Waals surface area contributed by atoms with Gasteiger partial charge < -0.3 is 5.73 Å². The van der Waals surface area contributed by atoms with Crippen molar-refractivity contribution in [2.45, 2.75) is 26.3 Å². The molecule has 6 nitrogen and oxygen atoms in total. The molecule has 2 heterocycles. The first-order valence-corrected chi connectivity index (χ1v) is 5.73. The fraction of sp³-hybridized carbons (Fsp3) is 0.333. The summed E-state index contributed by atoms with van der Waals surface area (Å²) in [6.07, 6.45) is 2.25. The maximum Gasteiger partial charge on any atom is 0.155 e. The Morgan fingerprint density at radius 2 is 2.28 bits per heavy atom. The van der Waals surface area contributed by atoms with Gasteiger partial charge in [0.25, 0.3) is 0 Å². The highest BCUT2D eigenvalue weighted by atomic mass is 15.4. The van der Waals surface area contributed by atoms with E-state index in [1.54, 1.807) is 16.8 Å². The van der Waals surface area contributed by atoms with Crippen LogP contribution in [0.1, 0.15) is 37.1 Å². The van der Waals surface area contributed by atoms with Crippen LogP contribution >= 0.6 is 0 Å². The largest absolute Gasteiger partial charge is 0.322 e. The quantitative estimate of drug-likeness (QED) is 0.870. The summed E-state index contributed by atoms with van der Waals surface area (Å²) in [7, 11) is 0. The second kappa shape index (κ2) is 4.94. The van der Waals surface area contributed by atoms with E-state index in [1.807, 2.05) is 19.9 Å². The van der Waals surface area contributed by atoms with Crippen LogP contribution in [0.25, 0.3) is 5.82 Å². The van der Waals surface area contributed by atoms with E-state index >= 15 is 0 Å². The van der Waals surface area contributed by atoms with Gasteiger partial charge in [0.05, 0.1) is 11.6 Å². The van der Waals surface area contributed by atoms with Crippen LogP contribution in [-0.2, 0) is 6.42 Å². The third-order valence-electron chi connectivity index (χ3n) is 2.49. The first kappa shape index (κ1) is 12.2. The number of nitriles is 1. The predicted octanol–water partition coefficient (Wildman–Crippen LogP) is 1.12. The maximum atomic E-state index is 8.74. The molecule has 2 rings (SSSR count). The Hall–Kier alpha value is -2.26. The second-order valence-corrected chi connectivity index (χ2v) is 3.96. The lowest BCUT2D eigenvalue weighted by Gasteiger charge is -2.06. The van der Waals surface area contributed by atoms with Crippen LogP contribution < -0.4 is 5.73 Å². The molecule has 0 aliphatic heterocycles. The molecule has 1 atom stereocenters. The third-order valence-corrected chi connectivity index (χ3v) is 2.49. The topological polar surface area (TPSA) is 93.4 Å². The molecule has 2 aromatic rings. The minimum atomic E-state index is -0.227. The molecule has 2 N–H and O–H groups in total. The predicted molar refractivity (Wildman–Crippen MR) is 65.8 cm³/mol. The van der Waals surface area contributed by atoms with Crippen molar-refractivity contribution in [3.8, 4) is 11.9 Å². The Morgan fingerprint density at radius 3 is 2.78 bits per heavy atom. The standard InChI is InChI=1S/C12H14N6/c1-3-10-16-12(8(2)14)18(17-10)11-5-4-9(6-13)7-15-11/h4-5,7-8H,3,14H2,1-2H3. The van der Waals surface area contributed by atoms with E-state index in [2.05, 4.69) is 15.1 Å². The molecule has 0 aromatic carbocycles. The summed E-state index contributed by atoms with van der Waals surface area (Å²) in [6, 6.07) is 5.23. The van der Waals surface area contributed by atoms with Crippen LogP contribution in [-0.4, -0.2) is 19.7 Å². The van der Waals surface area contributed by atoms with E-state index in [-0.39, 0.29) is 6.04 Å². The number of aryl methyl sites for hydroxylation is 1. The van der Waals surface area contributed by atoms with Crippen LogP contribution in [0.3, 0.4) is 0 Å². The van der Waals surface area contributed by atoms with E-state index < -0.39 is 0 Å². The van der Waals surface area contributed by atoms with Gasteiger partial charge in [0.2, 0.25) is 0 Å². The van der Waals surface area contributed by atoms with Gasteiger partial charge in [0.1, 0.15) is 6.07 Å². The van der Waals surface area contributed by atoms with Crippen molar-refractivity contribution < 1.29 is 0 Å². The first-order valence-electron chi connectivity index (χ1n) is 5.73. The molecule has 18 heavy (non-hydrogen) atoms. The molecule has 0 aliphatic rings. The summed E-state index contributed by atoms with van der Waals surface area (Å²) in [5, 5.41) is 13.1. The molecule has 0 aliphatic carbocycles. The van der Waals surface area contributed by atoms with Gasteiger partial charge in [-0.05, 0) is 19.1 Å². The molecule has 0 amide bonds. The Labute approximate surface area is 105 Å². The van der Waals surface area contributed by atoms with E-state index in [9.17, 15) is 0 Å². The molecule has 0 saturated carbocycles. The molecule has 0 saturated heterocycles. The number of hydrogen-bond donors (Lipinski definition) is 1. The summed E-state index contributed by atoms with van der Waals surface area (Å²) in [5.41, 5.74) is 6.38. The van der Waals surface area contributed by atoms with Gasteiger partial charge in [0, 0.05) is 12.6 Å².